The number of fused-ring (bicyclic) bond motifs is 3. The Kier molecular flexibility index (Phi) is 8.05. The van der Waals surface area contributed by atoms with Crippen molar-refractivity contribution >= 4 is 29.5 Å². The standard InChI is InChI=1S/C34H31N3O9/c1-21(38)43-20-27(44-22(2)39)34(24-13-7-4-8-14-24)31(45-23(3)40)30-32(46-34)36(26-17-11-6-12-18-26)33-35(25-15-9-5-10-16-25)28(41)19-29(42)37(30)33/h4-19,27,30-32H,20H2,1-3H3/t27-,30-,31-,32+,34-/m1/s1. The first-order valence-corrected chi connectivity index (χ1v) is 14.6. The number of hydrogen-bond donors (Lipinski definition) is 0. The van der Waals surface area contributed by atoms with Crippen LogP contribution in [0.4, 0.5) is 11.6 Å². The zero-order valence-corrected chi connectivity index (χ0v) is 25.3. The molecule has 12 nitrogen and oxygen atoms in total. The van der Waals surface area contributed by atoms with E-state index in [0.29, 0.717) is 16.9 Å². The highest BCUT2D eigenvalue weighted by atomic mass is 16.6. The van der Waals surface area contributed by atoms with E-state index in [2.05, 4.69) is 0 Å². The van der Waals surface area contributed by atoms with Crippen molar-refractivity contribution in [1.29, 1.82) is 0 Å². The third-order valence-electron chi connectivity index (χ3n) is 8.02. The molecule has 5 atom stereocenters. The van der Waals surface area contributed by atoms with Gasteiger partial charge in [0.25, 0.3) is 0 Å². The first-order chi connectivity index (χ1) is 22.1. The number of carbonyl (C=O) groups is 3. The molecule has 236 valence electrons. The van der Waals surface area contributed by atoms with E-state index in [4.69, 9.17) is 18.9 Å². The Labute approximate surface area is 263 Å². The first kappa shape index (κ1) is 30.5. The fraction of sp³-hybridized carbons (Fsp3) is 0.265. The van der Waals surface area contributed by atoms with Gasteiger partial charge in [0.15, 0.2) is 23.9 Å². The molecule has 0 spiro atoms. The van der Waals surface area contributed by atoms with Gasteiger partial charge in [-0.1, -0.05) is 66.7 Å². The summed E-state index contributed by atoms with van der Waals surface area (Å²) in [6, 6.07) is 26.4. The second kappa shape index (κ2) is 12.1. The molecule has 0 amide bonds. The number of anilines is 2. The van der Waals surface area contributed by atoms with Gasteiger partial charge >= 0.3 is 29.4 Å². The lowest BCUT2D eigenvalue weighted by Gasteiger charge is -2.40. The molecule has 46 heavy (non-hydrogen) atoms. The number of para-hydroxylation sites is 2. The number of nitrogens with zero attached hydrogens (tertiary/aromatic N) is 3. The van der Waals surface area contributed by atoms with Gasteiger partial charge in [0.2, 0.25) is 6.23 Å². The van der Waals surface area contributed by atoms with E-state index >= 15 is 0 Å². The molecule has 0 unspecified atom stereocenters. The van der Waals surface area contributed by atoms with Gasteiger partial charge in [-0.05, 0) is 29.8 Å². The van der Waals surface area contributed by atoms with E-state index in [1.54, 1.807) is 89.8 Å². The van der Waals surface area contributed by atoms with Gasteiger partial charge in [-0.15, -0.1) is 0 Å². The van der Waals surface area contributed by atoms with Crippen LogP contribution in [0, 0.1) is 0 Å². The minimum Gasteiger partial charge on any atom is -0.848 e. The zero-order valence-electron chi connectivity index (χ0n) is 25.3. The van der Waals surface area contributed by atoms with Gasteiger partial charge in [-0.3, -0.25) is 19.2 Å². The summed E-state index contributed by atoms with van der Waals surface area (Å²) in [5, 5.41) is 13.9. The topological polar surface area (TPSA) is 140 Å². The molecule has 0 aliphatic carbocycles. The summed E-state index contributed by atoms with van der Waals surface area (Å²) in [5.74, 6) is -2.53. The lowest BCUT2D eigenvalue weighted by molar-refractivity contribution is -0.745. The number of esters is 3. The predicted octanol–water partition coefficient (Wildman–Crippen LogP) is 2.57. The zero-order chi connectivity index (χ0) is 32.6. The SMILES string of the molecule is CC(=O)OC[C@@H](OC(C)=O)[C@@]1(c2ccccc2)O[C@H]2[C@@H]([C@H]1OC(C)=O)[n+]1c([O-])cc(=O)n(-c3ccccc3)c1N2c1ccccc1. The smallest absolute Gasteiger partial charge is 0.375 e. The Hall–Kier alpha value is -5.49. The summed E-state index contributed by atoms with van der Waals surface area (Å²) in [6.45, 7) is 3.18. The van der Waals surface area contributed by atoms with E-state index in [1.807, 2.05) is 6.07 Å². The van der Waals surface area contributed by atoms with E-state index in [-0.39, 0.29) is 5.95 Å². The van der Waals surface area contributed by atoms with Crippen LogP contribution in [0.15, 0.2) is 102 Å². The lowest BCUT2D eigenvalue weighted by Crippen LogP contribution is -2.58. The molecule has 3 heterocycles. The van der Waals surface area contributed by atoms with Gasteiger partial charge in [0.05, 0.1) is 0 Å². The Morgan fingerprint density at radius 3 is 2.02 bits per heavy atom. The van der Waals surface area contributed by atoms with Crippen LogP contribution in [0.1, 0.15) is 32.4 Å². The predicted molar refractivity (Wildman–Crippen MR) is 160 cm³/mol. The van der Waals surface area contributed by atoms with E-state index in [9.17, 15) is 24.3 Å². The maximum atomic E-state index is 13.9. The highest BCUT2D eigenvalue weighted by Gasteiger charge is 2.71. The highest BCUT2D eigenvalue weighted by Crippen LogP contribution is 2.54. The van der Waals surface area contributed by atoms with Crippen molar-refractivity contribution in [3.8, 4) is 11.6 Å². The van der Waals surface area contributed by atoms with Gasteiger partial charge in [0.1, 0.15) is 18.0 Å². The van der Waals surface area contributed by atoms with Crippen LogP contribution in [0.5, 0.6) is 5.88 Å². The largest absolute Gasteiger partial charge is 0.848 e. The monoisotopic (exact) mass is 625 g/mol. The molecular formula is C34H31N3O9. The summed E-state index contributed by atoms with van der Waals surface area (Å²) in [4.78, 5) is 52.7. The van der Waals surface area contributed by atoms with Crippen LogP contribution in [0.2, 0.25) is 0 Å². The number of ether oxygens (including phenoxy) is 4. The third-order valence-corrected chi connectivity index (χ3v) is 8.02. The molecule has 6 rings (SSSR count). The van der Waals surface area contributed by atoms with Gasteiger partial charge in [0, 0.05) is 32.7 Å². The molecule has 2 aliphatic heterocycles. The van der Waals surface area contributed by atoms with Crippen LogP contribution in [-0.4, -0.2) is 47.5 Å². The molecular weight excluding hydrogens is 594 g/mol. The first-order valence-electron chi connectivity index (χ1n) is 14.6. The van der Waals surface area contributed by atoms with E-state index in [1.165, 1.54) is 29.9 Å². The maximum absolute atomic E-state index is 13.9. The van der Waals surface area contributed by atoms with E-state index in [0.717, 1.165) is 6.07 Å². The Balaban J connectivity index is 1.68. The van der Waals surface area contributed by atoms with Crippen LogP contribution in [0.25, 0.3) is 5.69 Å². The van der Waals surface area contributed by atoms with Crippen molar-refractivity contribution in [3.05, 3.63) is 113 Å². The van der Waals surface area contributed by atoms with Crippen LogP contribution in [-0.2, 0) is 38.9 Å². The van der Waals surface area contributed by atoms with Crippen molar-refractivity contribution in [2.45, 2.75) is 50.8 Å². The molecule has 1 saturated heterocycles. The average molecular weight is 626 g/mol. The molecule has 0 radical (unpaired) electrons. The molecule has 0 saturated carbocycles. The third kappa shape index (κ3) is 5.16. The average Bonchev–Trinajstić information content (AvgIpc) is 3.52. The number of rotatable bonds is 8. The number of hydrogen-bond acceptors (Lipinski definition) is 10. The minimum absolute atomic E-state index is 0.174. The highest BCUT2D eigenvalue weighted by molar-refractivity contribution is 5.68. The van der Waals surface area contributed by atoms with Gasteiger partial charge in [-0.2, -0.15) is 4.57 Å². The molecule has 2 aliphatic rings. The molecule has 4 aromatic rings. The van der Waals surface area contributed by atoms with Gasteiger partial charge in [-0.25, -0.2) is 9.47 Å². The molecule has 1 aromatic heterocycles. The summed E-state index contributed by atoms with van der Waals surface area (Å²) in [7, 11) is 0. The second-order valence-corrected chi connectivity index (χ2v) is 11.0. The summed E-state index contributed by atoms with van der Waals surface area (Å²) >= 11 is 0. The van der Waals surface area contributed by atoms with Crippen molar-refractivity contribution in [2.24, 2.45) is 0 Å². The quantitative estimate of drug-likeness (QED) is 0.163. The number of carbonyl (C=O) groups excluding carboxylic acids is 3. The Morgan fingerprint density at radius 1 is 0.870 bits per heavy atom. The summed E-state index contributed by atoms with van der Waals surface area (Å²) < 4.78 is 27.0. The molecule has 0 bridgehead atoms. The maximum Gasteiger partial charge on any atom is 0.375 e. The Morgan fingerprint density at radius 2 is 1.46 bits per heavy atom. The molecule has 12 heteroatoms. The molecule has 1 fully saturated rings. The number of benzene rings is 3. The van der Waals surface area contributed by atoms with Crippen LogP contribution >= 0.6 is 0 Å². The molecule has 0 N–H and O–H groups in total. The van der Waals surface area contributed by atoms with Gasteiger partial charge < -0.3 is 24.1 Å². The molecule has 3 aromatic carbocycles. The normalized spacial score (nSPS) is 22.0. The Bertz CT molecular complexity index is 1830. The lowest BCUT2D eigenvalue weighted by atomic mass is 9.81. The fourth-order valence-corrected chi connectivity index (χ4v) is 6.39. The summed E-state index contributed by atoms with van der Waals surface area (Å²) in [5.41, 5.74) is -0.875. The summed E-state index contributed by atoms with van der Waals surface area (Å²) in [6.07, 6.45) is -3.75. The van der Waals surface area contributed by atoms with Crippen molar-refractivity contribution in [2.75, 3.05) is 11.5 Å². The van der Waals surface area contributed by atoms with Crippen LogP contribution in [0.3, 0.4) is 0 Å². The van der Waals surface area contributed by atoms with Crippen molar-refractivity contribution in [3.63, 3.8) is 0 Å². The number of aromatic nitrogens is 2. The second-order valence-electron chi connectivity index (χ2n) is 11.0. The fourth-order valence-electron chi connectivity index (χ4n) is 6.39. The minimum atomic E-state index is -1.79. The van der Waals surface area contributed by atoms with E-state index < -0.39 is 66.0 Å². The van der Waals surface area contributed by atoms with Crippen LogP contribution < -0.4 is 20.1 Å². The van der Waals surface area contributed by atoms with Crippen molar-refractivity contribution < 1.29 is 43.0 Å². The van der Waals surface area contributed by atoms with Crippen molar-refractivity contribution in [1.82, 2.24) is 4.57 Å².